The third-order valence-corrected chi connectivity index (χ3v) is 5.62. The van der Waals surface area contributed by atoms with Crippen LogP contribution in [0.3, 0.4) is 0 Å². The van der Waals surface area contributed by atoms with Crippen LogP contribution in [0.4, 0.5) is 5.82 Å². The molecule has 7 nitrogen and oxygen atoms in total. The second kappa shape index (κ2) is 4.97. The number of hydrogen-bond acceptors (Lipinski definition) is 6. The summed E-state index contributed by atoms with van der Waals surface area (Å²) >= 11 is 3.44. The van der Waals surface area contributed by atoms with Gasteiger partial charge < -0.3 is 5.73 Å². The quantitative estimate of drug-likeness (QED) is 0.828. The molecule has 0 amide bonds. The van der Waals surface area contributed by atoms with E-state index in [1.807, 2.05) is 6.07 Å². The topological polar surface area (TPSA) is 93.6 Å². The van der Waals surface area contributed by atoms with Crippen LogP contribution in [0.25, 0.3) is 5.52 Å². The summed E-state index contributed by atoms with van der Waals surface area (Å²) in [6.45, 7) is 1.73. The zero-order valence-corrected chi connectivity index (χ0v) is 13.1. The summed E-state index contributed by atoms with van der Waals surface area (Å²) < 4.78 is 25.4. The van der Waals surface area contributed by atoms with Gasteiger partial charge in [0.05, 0.1) is 11.5 Å². The Kier molecular flexibility index (Phi) is 3.43. The fraction of sp³-hybridized carbons (Fsp3) is 0.455. The number of rotatable bonds is 2. The SMILES string of the molecule is Nc1ncnn2c(Br)cc(CN3CCS(=O)(=O)CC3)c12. The molecule has 3 rings (SSSR count). The molecule has 0 aliphatic carbocycles. The molecule has 1 aliphatic heterocycles. The average Bonchev–Trinajstić information content (AvgIpc) is 2.71. The minimum atomic E-state index is -2.86. The normalized spacial score (nSPS) is 19.4. The summed E-state index contributed by atoms with van der Waals surface area (Å²) in [5.41, 5.74) is 7.68. The molecule has 1 saturated heterocycles. The van der Waals surface area contributed by atoms with E-state index in [1.165, 1.54) is 6.33 Å². The predicted molar refractivity (Wildman–Crippen MR) is 79.0 cm³/mol. The van der Waals surface area contributed by atoms with Crippen molar-refractivity contribution >= 4 is 37.1 Å². The van der Waals surface area contributed by atoms with Crippen LogP contribution >= 0.6 is 15.9 Å². The van der Waals surface area contributed by atoms with Gasteiger partial charge in [-0.15, -0.1) is 0 Å². The molecule has 0 atom stereocenters. The lowest BCUT2D eigenvalue weighted by Crippen LogP contribution is -2.39. The molecule has 2 N–H and O–H groups in total. The van der Waals surface area contributed by atoms with E-state index in [4.69, 9.17) is 5.73 Å². The summed E-state index contributed by atoms with van der Waals surface area (Å²) in [7, 11) is -2.86. The highest BCUT2D eigenvalue weighted by atomic mass is 79.9. The van der Waals surface area contributed by atoms with E-state index in [0.717, 1.165) is 15.7 Å². The Morgan fingerprint density at radius 3 is 2.75 bits per heavy atom. The number of nitrogen functional groups attached to an aromatic ring is 1. The number of nitrogens with zero attached hydrogens (tertiary/aromatic N) is 4. The van der Waals surface area contributed by atoms with Gasteiger partial charge in [0.15, 0.2) is 15.7 Å². The summed E-state index contributed by atoms with van der Waals surface area (Å²) in [5.74, 6) is 0.850. The van der Waals surface area contributed by atoms with Gasteiger partial charge in [-0.3, -0.25) is 4.90 Å². The van der Waals surface area contributed by atoms with Crippen molar-refractivity contribution in [3.8, 4) is 0 Å². The molecule has 0 aromatic carbocycles. The van der Waals surface area contributed by atoms with Crippen LogP contribution in [-0.2, 0) is 16.4 Å². The van der Waals surface area contributed by atoms with Gasteiger partial charge in [0.2, 0.25) is 0 Å². The average molecular weight is 360 g/mol. The molecule has 1 aliphatic rings. The lowest BCUT2D eigenvalue weighted by molar-refractivity contribution is 0.288. The number of sulfone groups is 1. The third kappa shape index (κ3) is 2.52. The lowest BCUT2D eigenvalue weighted by Gasteiger charge is -2.26. The second-order valence-electron chi connectivity index (χ2n) is 4.83. The van der Waals surface area contributed by atoms with Gasteiger partial charge in [0.25, 0.3) is 0 Å². The van der Waals surface area contributed by atoms with Crippen LogP contribution < -0.4 is 5.73 Å². The summed E-state index contributed by atoms with van der Waals surface area (Å²) in [4.78, 5) is 6.11. The summed E-state index contributed by atoms with van der Waals surface area (Å²) in [6, 6.07) is 1.95. The highest BCUT2D eigenvalue weighted by Crippen LogP contribution is 2.25. The minimum Gasteiger partial charge on any atom is -0.382 e. The van der Waals surface area contributed by atoms with Gasteiger partial charge in [0, 0.05) is 19.6 Å². The minimum absolute atomic E-state index is 0.214. The lowest BCUT2D eigenvalue weighted by atomic mass is 10.2. The van der Waals surface area contributed by atoms with Crippen molar-refractivity contribution in [2.24, 2.45) is 0 Å². The zero-order valence-electron chi connectivity index (χ0n) is 10.7. The first kappa shape index (κ1) is 13.8. The Labute approximate surface area is 124 Å². The molecule has 2 aromatic rings. The molecule has 9 heteroatoms. The summed E-state index contributed by atoms with van der Waals surface area (Å²) in [6.07, 6.45) is 1.41. The van der Waals surface area contributed by atoms with E-state index >= 15 is 0 Å². The van der Waals surface area contributed by atoms with Crippen molar-refractivity contribution in [3.63, 3.8) is 0 Å². The third-order valence-electron chi connectivity index (χ3n) is 3.45. The van der Waals surface area contributed by atoms with Gasteiger partial charge in [-0.25, -0.2) is 17.9 Å². The molecule has 0 saturated carbocycles. The van der Waals surface area contributed by atoms with E-state index in [1.54, 1.807) is 4.52 Å². The Balaban J connectivity index is 1.89. The van der Waals surface area contributed by atoms with E-state index < -0.39 is 9.84 Å². The standard InChI is InChI=1S/C11H14BrN5O2S/c12-9-5-8(10-11(13)14-7-15-17(9)10)6-16-1-3-20(18,19)4-2-16/h5,7H,1-4,6H2,(H2,13,14,15). The Morgan fingerprint density at radius 2 is 2.05 bits per heavy atom. The van der Waals surface area contributed by atoms with Crippen molar-refractivity contribution in [2.45, 2.75) is 6.54 Å². The smallest absolute Gasteiger partial charge is 0.152 e. The van der Waals surface area contributed by atoms with Crippen LogP contribution in [0.5, 0.6) is 0 Å². The molecule has 20 heavy (non-hydrogen) atoms. The predicted octanol–water partition coefficient (Wildman–Crippen LogP) is 0.304. The number of aromatic nitrogens is 3. The molecule has 1 fully saturated rings. The van der Waals surface area contributed by atoms with Gasteiger partial charge in [-0.1, -0.05) is 0 Å². The highest BCUT2D eigenvalue weighted by molar-refractivity contribution is 9.10. The largest absolute Gasteiger partial charge is 0.382 e. The van der Waals surface area contributed by atoms with E-state index in [9.17, 15) is 8.42 Å². The Bertz CT molecular complexity index is 744. The van der Waals surface area contributed by atoms with Crippen LogP contribution in [0.15, 0.2) is 17.0 Å². The molecular formula is C11H14BrN5O2S. The fourth-order valence-corrected chi connectivity index (χ4v) is 4.19. The molecule has 0 bridgehead atoms. The van der Waals surface area contributed by atoms with E-state index in [-0.39, 0.29) is 11.5 Å². The Hall–Kier alpha value is -1.19. The van der Waals surface area contributed by atoms with Crippen LogP contribution in [0.1, 0.15) is 5.56 Å². The van der Waals surface area contributed by atoms with Gasteiger partial charge in [0.1, 0.15) is 16.4 Å². The molecule has 0 radical (unpaired) electrons. The number of nitrogens with two attached hydrogens (primary N) is 1. The van der Waals surface area contributed by atoms with Crippen molar-refractivity contribution in [1.29, 1.82) is 0 Å². The molecule has 3 heterocycles. The van der Waals surface area contributed by atoms with Gasteiger partial charge >= 0.3 is 0 Å². The number of fused-ring (bicyclic) bond motifs is 1. The molecule has 0 unspecified atom stereocenters. The molecule has 2 aromatic heterocycles. The highest BCUT2D eigenvalue weighted by Gasteiger charge is 2.23. The first-order chi connectivity index (χ1) is 9.46. The number of hydrogen-bond donors (Lipinski definition) is 1. The van der Waals surface area contributed by atoms with Gasteiger partial charge in [-0.05, 0) is 27.6 Å². The van der Waals surface area contributed by atoms with Crippen molar-refractivity contribution in [1.82, 2.24) is 19.5 Å². The first-order valence-electron chi connectivity index (χ1n) is 6.16. The maximum Gasteiger partial charge on any atom is 0.152 e. The van der Waals surface area contributed by atoms with Crippen molar-refractivity contribution < 1.29 is 8.42 Å². The van der Waals surface area contributed by atoms with Crippen LogP contribution in [0, 0.1) is 0 Å². The number of anilines is 1. The maximum absolute atomic E-state index is 11.4. The van der Waals surface area contributed by atoms with E-state index in [0.29, 0.717) is 25.5 Å². The second-order valence-corrected chi connectivity index (χ2v) is 7.94. The molecule has 108 valence electrons. The number of halogens is 1. The first-order valence-corrected chi connectivity index (χ1v) is 8.77. The molecule has 0 spiro atoms. The monoisotopic (exact) mass is 359 g/mol. The van der Waals surface area contributed by atoms with Gasteiger partial charge in [-0.2, -0.15) is 5.10 Å². The van der Waals surface area contributed by atoms with Crippen molar-refractivity contribution in [2.75, 3.05) is 30.3 Å². The zero-order chi connectivity index (χ0) is 14.3. The van der Waals surface area contributed by atoms with Crippen LogP contribution in [0.2, 0.25) is 0 Å². The fourth-order valence-electron chi connectivity index (χ4n) is 2.37. The summed E-state index contributed by atoms with van der Waals surface area (Å²) in [5, 5.41) is 4.14. The molecular weight excluding hydrogens is 346 g/mol. The van der Waals surface area contributed by atoms with E-state index in [2.05, 4.69) is 30.9 Å². The Morgan fingerprint density at radius 1 is 1.35 bits per heavy atom. The van der Waals surface area contributed by atoms with Crippen molar-refractivity contribution in [3.05, 3.63) is 22.6 Å². The van der Waals surface area contributed by atoms with Crippen LogP contribution in [-0.4, -0.2) is 52.5 Å². The maximum atomic E-state index is 11.4.